The smallest absolute Gasteiger partial charge is 0.234 e. The van der Waals surface area contributed by atoms with E-state index in [0.717, 1.165) is 24.4 Å². The Morgan fingerprint density at radius 2 is 2.20 bits per heavy atom. The molecule has 1 aliphatic heterocycles. The predicted molar refractivity (Wildman–Crippen MR) is 76.2 cm³/mol. The number of hydrogen-bond donors (Lipinski definition) is 3. The van der Waals surface area contributed by atoms with Gasteiger partial charge in [-0.3, -0.25) is 14.4 Å². The van der Waals surface area contributed by atoms with Crippen LogP contribution in [0.2, 0.25) is 0 Å². The number of β-amino-alcohol motifs (C(OH)–C–C–N with tert-alkyl or cyclic N) is 1. The number of anilines is 1. The number of nitrogen functional groups attached to an aromatic ring is 1. The van der Waals surface area contributed by atoms with Crippen LogP contribution in [0.25, 0.3) is 0 Å². The summed E-state index contributed by atoms with van der Waals surface area (Å²) in [5.74, 6) is 0.0186. The topological polar surface area (TPSA) is 96.4 Å². The van der Waals surface area contributed by atoms with Crippen molar-refractivity contribution < 1.29 is 9.90 Å². The first kappa shape index (κ1) is 14.8. The molecule has 112 valence electrons. The molecule has 1 amide bonds. The average molecular weight is 281 g/mol. The van der Waals surface area contributed by atoms with Gasteiger partial charge in [0.1, 0.15) is 0 Å². The van der Waals surface area contributed by atoms with Crippen LogP contribution in [-0.4, -0.2) is 58.0 Å². The van der Waals surface area contributed by atoms with Crippen LogP contribution < -0.4 is 11.1 Å². The van der Waals surface area contributed by atoms with Crippen molar-refractivity contribution in [3.05, 3.63) is 11.4 Å². The van der Waals surface area contributed by atoms with E-state index in [1.54, 1.807) is 4.68 Å². The van der Waals surface area contributed by atoms with Crippen molar-refractivity contribution in [1.29, 1.82) is 0 Å². The van der Waals surface area contributed by atoms with E-state index >= 15 is 0 Å². The Bertz CT molecular complexity index is 485. The van der Waals surface area contributed by atoms with E-state index in [1.807, 2.05) is 18.7 Å². The van der Waals surface area contributed by atoms with Gasteiger partial charge in [-0.15, -0.1) is 0 Å². The second kappa shape index (κ2) is 6.23. The summed E-state index contributed by atoms with van der Waals surface area (Å²) in [6.45, 7) is 6.46. The molecule has 1 atom stereocenters. The average Bonchev–Trinajstić information content (AvgIpc) is 2.57. The highest BCUT2D eigenvalue weighted by Gasteiger charge is 2.19. The van der Waals surface area contributed by atoms with Crippen molar-refractivity contribution >= 4 is 11.6 Å². The van der Waals surface area contributed by atoms with Crippen molar-refractivity contribution in [2.45, 2.75) is 32.9 Å². The zero-order valence-electron chi connectivity index (χ0n) is 12.1. The van der Waals surface area contributed by atoms with Gasteiger partial charge in [0.15, 0.2) is 0 Å². The Hall–Kier alpha value is -1.60. The van der Waals surface area contributed by atoms with Crippen LogP contribution in [0.3, 0.4) is 0 Å². The van der Waals surface area contributed by atoms with Crippen molar-refractivity contribution in [1.82, 2.24) is 20.0 Å². The van der Waals surface area contributed by atoms with Crippen LogP contribution >= 0.6 is 0 Å². The molecule has 0 aliphatic carbocycles. The first-order valence-electron chi connectivity index (χ1n) is 6.94. The molecule has 20 heavy (non-hydrogen) atoms. The summed E-state index contributed by atoms with van der Waals surface area (Å²) < 4.78 is 1.73. The molecule has 0 spiro atoms. The Labute approximate surface area is 118 Å². The highest BCUT2D eigenvalue weighted by molar-refractivity contribution is 5.78. The Morgan fingerprint density at radius 1 is 1.45 bits per heavy atom. The van der Waals surface area contributed by atoms with Crippen molar-refractivity contribution in [3.63, 3.8) is 0 Å². The maximum atomic E-state index is 11.5. The molecule has 0 saturated carbocycles. The molecule has 1 aromatic rings. The fourth-order valence-corrected chi connectivity index (χ4v) is 2.47. The molecule has 1 fully saturated rings. The van der Waals surface area contributed by atoms with Gasteiger partial charge in [-0.05, 0) is 20.3 Å². The predicted octanol–water partition coefficient (Wildman–Crippen LogP) is -0.735. The molecule has 2 heterocycles. The van der Waals surface area contributed by atoms with Gasteiger partial charge in [-0.1, -0.05) is 0 Å². The van der Waals surface area contributed by atoms with Gasteiger partial charge in [-0.25, -0.2) is 0 Å². The number of hydrogen-bond acceptors (Lipinski definition) is 5. The highest BCUT2D eigenvalue weighted by Crippen LogP contribution is 2.15. The zero-order valence-corrected chi connectivity index (χ0v) is 12.1. The van der Waals surface area contributed by atoms with Gasteiger partial charge in [0.25, 0.3) is 0 Å². The molecule has 1 aromatic heterocycles. The summed E-state index contributed by atoms with van der Waals surface area (Å²) in [4.78, 5) is 13.4. The molecule has 7 heteroatoms. The lowest BCUT2D eigenvalue weighted by Crippen LogP contribution is -2.39. The number of aliphatic hydroxyl groups excluding tert-OH is 1. The number of nitrogens with two attached hydrogens (primary N) is 1. The summed E-state index contributed by atoms with van der Waals surface area (Å²) in [6.07, 6.45) is 0.337. The SMILES string of the molecule is Cc1nn(CC(O)CN2CCCNC(=O)C2)c(C)c1N. The number of aryl methyl sites for hydroxylation is 1. The molecule has 0 aromatic carbocycles. The van der Waals surface area contributed by atoms with Gasteiger partial charge in [0.05, 0.1) is 36.3 Å². The van der Waals surface area contributed by atoms with Gasteiger partial charge < -0.3 is 16.2 Å². The third-order valence-corrected chi connectivity index (χ3v) is 3.63. The first-order chi connectivity index (χ1) is 9.47. The monoisotopic (exact) mass is 281 g/mol. The number of nitrogens with one attached hydrogen (secondary N) is 1. The van der Waals surface area contributed by atoms with Crippen LogP contribution in [0.1, 0.15) is 17.8 Å². The summed E-state index contributed by atoms with van der Waals surface area (Å²) >= 11 is 0. The quantitative estimate of drug-likeness (QED) is 0.676. The van der Waals surface area contributed by atoms with Crippen LogP contribution in [0.5, 0.6) is 0 Å². The van der Waals surface area contributed by atoms with Crippen molar-refractivity contribution in [2.75, 3.05) is 31.9 Å². The summed E-state index contributed by atoms with van der Waals surface area (Å²) in [6, 6.07) is 0. The first-order valence-corrected chi connectivity index (χ1v) is 6.94. The number of aliphatic hydroxyl groups is 1. The normalized spacial score (nSPS) is 18.6. The standard InChI is InChI=1S/C13H23N5O2/c1-9-13(14)10(2)18(16-9)7-11(19)6-17-5-3-4-15-12(20)8-17/h11,19H,3-8,14H2,1-2H3,(H,15,20). The van der Waals surface area contributed by atoms with E-state index in [4.69, 9.17) is 5.73 Å². The van der Waals surface area contributed by atoms with Crippen molar-refractivity contribution in [2.24, 2.45) is 0 Å². The molecule has 7 nitrogen and oxygen atoms in total. The molecule has 0 bridgehead atoms. The van der Waals surface area contributed by atoms with E-state index in [2.05, 4.69) is 10.4 Å². The fourth-order valence-electron chi connectivity index (χ4n) is 2.47. The second-order valence-corrected chi connectivity index (χ2v) is 5.36. The Morgan fingerprint density at radius 3 is 2.85 bits per heavy atom. The van der Waals surface area contributed by atoms with Gasteiger partial charge in [0.2, 0.25) is 5.91 Å². The minimum atomic E-state index is -0.571. The number of aromatic nitrogens is 2. The van der Waals surface area contributed by atoms with E-state index < -0.39 is 6.10 Å². The Balaban J connectivity index is 1.92. The molecule has 1 aliphatic rings. The summed E-state index contributed by atoms with van der Waals surface area (Å²) in [5, 5.41) is 17.3. The van der Waals surface area contributed by atoms with Gasteiger partial charge >= 0.3 is 0 Å². The molecular weight excluding hydrogens is 258 g/mol. The minimum Gasteiger partial charge on any atom is -0.396 e. The fraction of sp³-hybridized carbons (Fsp3) is 0.692. The molecular formula is C13H23N5O2. The number of nitrogens with zero attached hydrogens (tertiary/aromatic N) is 3. The second-order valence-electron chi connectivity index (χ2n) is 5.36. The Kier molecular flexibility index (Phi) is 4.61. The summed E-state index contributed by atoms with van der Waals surface area (Å²) in [5.41, 5.74) is 8.20. The maximum Gasteiger partial charge on any atom is 0.234 e. The zero-order chi connectivity index (χ0) is 14.7. The van der Waals surface area contributed by atoms with Gasteiger partial charge in [0, 0.05) is 19.6 Å². The molecule has 1 saturated heterocycles. The van der Waals surface area contributed by atoms with Crippen LogP contribution in [0.15, 0.2) is 0 Å². The highest BCUT2D eigenvalue weighted by atomic mass is 16.3. The van der Waals surface area contributed by atoms with Gasteiger partial charge in [-0.2, -0.15) is 5.10 Å². The molecule has 4 N–H and O–H groups in total. The molecule has 1 unspecified atom stereocenters. The van der Waals surface area contributed by atoms with Crippen LogP contribution in [0.4, 0.5) is 5.69 Å². The van der Waals surface area contributed by atoms with Crippen LogP contribution in [-0.2, 0) is 11.3 Å². The number of rotatable bonds is 4. The van der Waals surface area contributed by atoms with E-state index in [1.165, 1.54) is 0 Å². The van der Waals surface area contributed by atoms with Crippen LogP contribution in [0, 0.1) is 13.8 Å². The summed E-state index contributed by atoms with van der Waals surface area (Å²) in [7, 11) is 0. The molecule has 2 rings (SSSR count). The third kappa shape index (κ3) is 3.49. The lowest BCUT2D eigenvalue weighted by Gasteiger charge is -2.22. The number of carbonyl (C=O) groups is 1. The van der Waals surface area contributed by atoms with E-state index in [-0.39, 0.29) is 5.91 Å². The largest absolute Gasteiger partial charge is 0.396 e. The van der Waals surface area contributed by atoms with Crippen molar-refractivity contribution in [3.8, 4) is 0 Å². The lowest BCUT2D eigenvalue weighted by molar-refractivity contribution is -0.121. The van der Waals surface area contributed by atoms with E-state index in [9.17, 15) is 9.90 Å². The van der Waals surface area contributed by atoms with E-state index in [0.29, 0.717) is 31.9 Å². The maximum absolute atomic E-state index is 11.5. The number of carbonyl (C=O) groups excluding carboxylic acids is 1. The lowest BCUT2D eigenvalue weighted by atomic mass is 10.3. The molecule has 0 radical (unpaired) electrons. The third-order valence-electron chi connectivity index (χ3n) is 3.63. The minimum absolute atomic E-state index is 0.0186. The number of amides is 1.